The highest BCUT2D eigenvalue weighted by molar-refractivity contribution is 7.15. The standard InChI is InChI=1S/C19H20N4O3S/c1-12(2)8-17-22-23-19(27-17)21-18(25)14-9-15(24)16(10-20-14)26-11-13-6-4-3-5-7-13/h3-7,9-10,12H,8,11H2,1-2H3,(H,20,24)(H,21,23,25). The SMILES string of the molecule is CC(C)Cc1nnc(NC(=O)c2cc(=O)c(OCc3ccccc3)c[nH]2)s1. The maximum Gasteiger partial charge on any atom is 0.274 e. The van der Waals surface area contributed by atoms with Gasteiger partial charge >= 0.3 is 0 Å². The summed E-state index contributed by atoms with van der Waals surface area (Å²) in [5.41, 5.74) is 0.715. The van der Waals surface area contributed by atoms with Crippen LogP contribution in [0.3, 0.4) is 0 Å². The molecule has 1 amide bonds. The van der Waals surface area contributed by atoms with Gasteiger partial charge in [-0.3, -0.25) is 14.9 Å². The van der Waals surface area contributed by atoms with Crippen molar-refractivity contribution in [2.45, 2.75) is 26.9 Å². The van der Waals surface area contributed by atoms with Crippen LogP contribution in [-0.4, -0.2) is 21.1 Å². The quantitative estimate of drug-likeness (QED) is 0.652. The molecule has 27 heavy (non-hydrogen) atoms. The molecule has 0 atom stereocenters. The van der Waals surface area contributed by atoms with Crippen LogP contribution in [0, 0.1) is 5.92 Å². The zero-order valence-electron chi connectivity index (χ0n) is 15.1. The van der Waals surface area contributed by atoms with Crippen LogP contribution in [0.15, 0.2) is 47.4 Å². The Morgan fingerprint density at radius 1 is 1.26 bits per heavy atom. The van der Waals surface area contributed by atoms with Crippen LogP contribution >= 0.6 is 11.3 Å². The molecule has 3 aromatic rings. The maximum absolute atomic E-state index is 12.3. The maximum atomic E-state index is 12.3. The minimum absolute atomic E-state index is 0.132. The number of ether oxygens (including phenoxy) is 1. The average molecular weight is 384 g/mol. The van der Waals surface area contributed by atoms with Crippen molar-refractivity contribution in [3.8, 4) is 5.75 Å². The first-order chi connectivity index (χ1) is 13.0. The van der Waals surface area contributed by atoms with E-state index in [-0.39, 0.29) is 23.5 Å². The highest BCUT2D eigenvalue weighted by Crippen LogP contribution is 2.18. The van der Waals surface area contributed by atoms with Gasteiger partial charge in [-0.2, -0.15) is 0 Å². The normalized spacial score (nSPS) is 10.8. The molecule has 0 fully saturated rings. The van der Waals surface area contributed by atoms with Crippen LogP contribution in [0.5, 0.6) is 5.75 Å². The molecule has 0 bridgehead atoms. The van der Waals surface area contributed by atoms with Gasteiger partial charge in [0.1, 0.15) is 17.3 Å². The number of pyridine rings is 1. The monoisotopic (exact) mass is 384 g/mol. The second-order valence-corrected chi connectivity index (χ2v) is 7.46. The number of H-pyrrole nitrogens is 1. The van der Waals surface area contributed by atoms with Gasteiger partial charge in [0, 0.05) is 18.7 Å². The van der Waals surface area contributed by atoms with E-state index in [0.717, 1.165) is 17.0 Å². The number of carbonyl (C=O) groups is 1. The van der Waals surface area contributed by atoms with E-state index in [4.69, 9.17) is 4.74 Å². The fraction of sp³-hybridized carbons (Fsp3) is 0.263. The van der Waals surface area contributed by atoms with E-state index in [1.54, 1.807) is 0 Å². The van der Waals surface area contributed by atoms with Crippen molar-refractivity contribution >= 4 is 22.4 Å². The first-order valence-electron chi connectivity index (χ1n) is 8.54. The van der Waals surface area contributed by atoms with Crippen molar-refractivity contribution in [3.05, 3.63) is 69.1 Å². The van der Waals surface area contributed by atoms with Gasteiger partial charge in [-0.1, -0.05) is 55.5 Å². The number of hydrogen-bond acceptors (Lipinski definition) is 6. The van der Waals surface area contributed by atoms with Crippen LogP contribution < -0.4 is 15.5 Å². The molecule has 0 aliphatic rings. The first-order valence-corrected chi connectivity index (χ1v) is 9.36. The second-order valence-electron chi connectivity index (χ2n) is 6.40. The molecule has 0 saturated carbocycles. The lowest BCUT2D eigenvalue weighted by Gasteiger charge is -2.06. The summed E-state index contributed by atoms with van der Waals surface area (Å²) >= 11 is 1.33. The van der Waals surface area contributed by atoms with Gasteiger partial charge in [-0.15, -0.1) is 10.2 Å². The lowest BCUT2D eigenvalue weighted by molar-refractivity contribution is 0.102. The van der Waals surface area contributed by atoms with Crippen molar-refractivity contribution in [1.29, 1.82) is 0 Å². The topological polar surface area (TPSA) is 97.0 Å². The number of aromatic nitrogens is 3. The largest absolute Gasteiger partial charge is 0.483 e. The summed E-state index contributed by atoms with van der Waals surface area (Å²) in [7, 11) is 0. The van der Waals surface area contributed by atoms with Gasteiger partial charge < -0.3 is 9.72 Å². The molecule has 2 heterocycles. The van der Waals surface area contributed by atoms with E-state index >= 15 is 0 Å². The van der Waals surface area contributed by atoms with Crippen molar-refractivity contribution < 1.29 is 9.53 Å². The second kappa shape index (κ2) is 8.59. The van der Waals surface area contributed by atoms with Crippen molar-refractivity contribution in [2.75, 3.05) is 5.32 Å². The summed E-state index contributed by atoms with van der Waals surface area (Å²) in [5, 5.41) is 11.9. The van der Waals surface area contributed by atoms with E-state index in [1.165, 1.54) is 23.6 Å². The Morgan fingerprint density at radius 3 is 2.74 bits per heavy atom. The molecule has 8 heteroatoms. The first kappa shape index (κ1) is 18.8. The van der Waals surface area contributed by atoms with Crippen molar-refractivity contribution in [3.63, 3.8) is 0 Å². The van der Waals surface area contributed by atoms with Gasteiger partial charge in [0.05, 0.1) is 0 Å². The van der Waals surface area contributed by atoms with Gasteiger partial charge in [0.25, 0.3) is 5.91 Å². The number of nitrogens with zero attached hydrogens (tertiary/aromatic N) is 2. The predicted octanol–water partition coefficient (Wildman–Crippen LogP) is 3.26. The number of amides is 1. The predicted molar refractivity (Wildman–Crippen MR) is 104 cm³/mol. The Balaban J connectivity index is 1.63. The Bertz CT molecular complexity index is 966. The van der Waals surface area contributed by atoms with Crippen LogP contribution in [0.25, 0.3) is 0 Å². The zero-order valence-corrected chi connectivity index (χ0v) is 15.9. The minimum Gasteiger partial charge on any atom is -0.483 e. The highest BCUT2D eigenvalue weighted by atomic mass is 32.1. The van der Waals surface area contributed by atoms with Crippen LogP contribution in [-0.2, 0) is 13.0 Å². The van der Waals surface area contributed by atoms with Crippen LogP contribution in [0.4, 0.5) is 5.13 Å². The summed E-state index contributed by atoms with van der Waals surface area (Å²) in [4.78, 5) is 27.3. The van der Waals surface area contributed by atoms with Gasteiger partial charge in [0.15, 0.2) is 5.75 Å². The van der Waals surface area contributed by atoms with Gasteiger partial charge in [0.2, 0.25) is 10.6 Å². The van der Waals surface area contributed by atoms with Crippen LogP contribution in [0.2, 0.25) is 0 Å². The Hall–Kier alpha value is -3.00. The number of carbonyl (C=O) groups excluding carboxylic acids is 1. The molecule has 2 N–H and O–H groups in total. The molecule has 7 nitrogen and oxygen atoms in total. The van der Waals surface area contributed by atoms with E-state index in [0.29, 0.717) is 11.0 Å². The minimum atomic E-state index is -0.450. The molecule has 140 valence electrons. The lowest BCUT2D eigenvalue weighted by Crippen LogP contribution is -2.17. The van der Waals surface area contributed by atoms with E-state index < -0.39 is 5.91 Å². The number of benzene rings is 1. The molecule has 1 aromatic carbocycles. The fourth-order valence-electron chi connectivity index (χ4n) is 2.34. The summed E-state index contributed by atoms with van der Waals surface area (Å²) in [6.45, 7) is 4.45. The molecular weight excluding hydrogens is 364 g/mol. The molecule has 0 saturated heterocycles. The third-order valence-corrected chi connectivity index (χ3v) is 4.49. The zero-order chi connectivity index (χ0) is 19.2. The van der Waals surface area contributed by atoms with Crippen molar-refractivity contribution in [2.24, 2.45) is 5.92 Å². The van der Waals surface area contributed by atoms with Crippen molar-refractivity contribution in [1.82, 2.24) is 15.2 Å². The van der Waals surface area contributed by atoms with Crippen LogP contribution in [0.1, 0.15) is 34.9 Å². The summed E-state index contributed by atoms with van der Waals surface area (Å²) in [6, 6.07) is 10.7. The number of nitrogens with one attached hydrogen (secondary N) is 2. The Kier molecular flexibility index (Phi) is 5.97. The Labute approximate surface area is 160 Å². The third kappa shape index (κ3) is 5.24. The number of aromatic amines is 1. The fourth-order valence-corrected chi connectivity index (χ4v) is 3.28. The van der Waals surface area contributed by atoms with Gasteiger partial charge in [-0.25, -0.2) is 0 Å². The van der Waals surface area contributed by atoms with E-state index in [1.807, 2.05) is 30.3 Å². The molecular formula is C19H20N4O3S. The highest BCUT2D eigenvalue weighted by Gasteiger charge is 2.13. The third-order valence-electron chi connectivity index (χ3n) is 3.63. The van der Waals surface area contributed by atoms with Gasteiger partial charge in [-0.05, 0) is 11.5 Å². The number of rotatable bonds is 7. The molecule has 0 aliphatic carbocycles. The molecule has 2 aromatic heterocycles. The Morgan fingerprint density at radius 2 is 2.04 bits per heavy atom. The smallest absolute Gasteiger partial charge is 0.274 e. The van der Waals surface area contributed by atoms with E-state index in [2.05, 4.69) is 34.3 Å². The summed E-state index contributed by atoms with van der Waals surface area (Å²) in [5.74, 6) is 0.167. The number of anilines is 1. The molecule has 0 spiro atoms. The lowest BCUT2D eigenvalue weighted by atomic mass is 10.1. The number of hydrogen-bond donors (Lipinski definition) is 2. The summed E-state index contributed by atoms with van der Waals surface area (Å²) < 4.78 is 5.52. The molecule has 0 radical (unpaired) electrons. The summed E-state index contributed by atoms with van der Waals surface area (Å²) in [6.07, 6.45) is 2.20. The average Bonchev–Trinajstić information content (AvgIpc) is 3.07. The molecule has 0 aliphatic heterocycles. The van der Waals surface area contributed by atoms with E-state index in [9.17, 15) is 9.59 Å². The molecule has 3 rings (SSSR count). The molecule has 0 unspecified atom stereocenters.